The van der Waals surface area contributed by atoms with Crippen LogP contribution in [0.25, 0.3) is 0 Å². The number of likely N-dealkylation sites (tertiary alicyclic amines) is 1. The predicted molar refractivity (Wildman–Crippen MR) is 97.1 cm³/mol. The summed E-state index contributed by atoms with van der Waals surface area (Å²) in [6.07, 6.45) is -3.54. The first-order valence-corrected chi connectivity index (χ1v) is 8.85. The number of carbonyl (C=O) groups excluding carboxylic acids is 1. The van der Waals surface area contributed by atoms with Gasteiger partial charge in [0, 0.05) is 30.8 Å². The molecule has 0 saturated carbocycles. The van der Waals surface area contributed by atoms with Crippen LogP contribution in [0.4, 0.5) is 13.2 Å². The molecule has 1 heterocycles. The summed E-state index contributed by atoms with van der Waals surface area (Å²) < 4.78 is 31.7. The molecule has 28 heavy (non-hydrogen) atoms. The number of aromatic hydroxyl groups is 1. The topological polar surface area (TPSA) is 130 Å². The third-order valence-electron chi connectivity index (χ3n) is 4.25. The number of nitrogens with zero attached hydrogens (tertiary/aromatic N) is 1. The maximum atomic E-state index is 11.5. The number of carboxylic acids is 1. The van der Waals surface area contributed by atoms with Gasteiger partial charge in [0.1, 0.15) is 5.75 Å². The molecule has 1 aromatic rings. The molecule has 1 fully saturated rings. The highest BCUT2D eigenvalue weighted by molar-refractivity contribution is 6.42. The predicted octanol–water partition coefficient (Wildman–Crippen LogP) is 2.53. The van der Waals surface area contributed by atoms with E-state index in [1.54, 1.807) is 11.0 Å². The summed E-state index contributed by atoms with van der Waals surface area (Å²) >= 11 is 11.8. The quantitative estimate of drug-likeness (QED) is 0.565. The van der Waals surface area contributed by atoms with Crippen LogP contribution in [-0.2, 0) is 9.59 Å². The van der Waals surface area contributed by atoms with E-state index >= 15 is 0 Å². The first-order chi connectivity index (χ1) is 12.9. The molecule has 2 rings (SSSR count). The Balaban J connectivity index is 0.000000480. The number of phenolic OH excluding ortho intramolecular Hbond substituents is 1. The molecule has 0 spiro atoms. The molecule has 7 nitrogen and oxygen atoms in total. The number of nitrogens with two attached hydrogens (primary N) is 2. The van der Waals surface area contributed by atoms with Gasteiger partial charge in [-0.05, 0) is 24.8 Å². The van der Waals surface area contributed by atoms with Crippen molar-refractivity contribution in [3.8, 4) is 5.75 Å². The fraction of sp³-hybridized carbons (Fsp3) is 0.500. The summed E-state index contributed by atoms with van der Waals surface area (Å²) in [5.74, 6) is -2.57. The van der Waals surface area contributed by atoms with Crippen LogP contribution >= 0.6 is 23.2 Å². The van der Waals surface area contributed by atoms with Crippen molar-refractivity contribution >= 4 is 35.1 Å². The van der Waals surface area contributed by atoms with Crippen LogP contribution in [0.5, 0.6) is 5.75 Å². The number of piperidine rings is 1. The van der Waals surface area contributed by atoms with E-state index in [-0.39, 0.29) is 30.2 Å². The van der Waals surface area contributed by atoms with E-state index in [2.05, 4.69) is 0 Å². The molecule has 1 aliphatic rings. The third kappa shape index (κ3) is 6.69. The smallest absolute Gasteiger partial charge is 0.490 e. The molecule has 0 radical (unpaired) electrons. The monoisotopic (exact) mass is 445 g/mol. The Labute approximate surface area is 169 Å². The highest BCUT2D eigenvalue weighted by atomic mass is 35.5. The maximum absolute atomic E-state index is 11.5. The molecule has 0 bridgehead atoms. The standard InChI is InChI=1S/C14H19Cl2N3O2.C2HF3O2/c15-10-5-9(12(20)6-11(10)16)14(18)8-1-3-19(4-2-8)13(21)7-17;3-2(4,5)1(6)7/h5-6,8,14,20H,1-4,7,17-18H2;(H,6,7). The van der Waals surface area contributed by atoms with Gasteiger partial charge in [-0.1, -0.05) is 23.2 Å². The van der Waals surface area contributed by atoms with Gasteiger partial charge in [-0.15, -0.1) is 0 Å². The van der Waals surface area contributed by atoms with Gasteiger partial charge in [0.25, 0.3) is 0 Å². The van der Waals surface area contributed by atoms with E-state index < -0.39 is 12.1 Å². The van der Waals surface area contributed by atoms with Gasteiger partial charge >= 0.3 is 12.1 Å². The van der Waals surface area contributed by atoms with Gasteiger partial charge in [0.15, 0.2) is 0 Å². The number of amides is 1. The fourth-order valence-electron chi connectivity index (χ4n) is 2.71. The second-order valence-electron chi connectivity index (χ2n) is 6.08. The lowest BCUT2D eigenvalue weighted by molar-refractivity contribution is -0.192. The molecular weight excluding hydrogens is 426 g/mol. The molecule has 6 N–H and O–H groups in total. The lowest BCUT2D eigenvalue weighted by Gasteiger charge is -2.35. The Morgan fingerprint density at radius 1 is 1.21 bits per heavy atom. The van der Waals surface area contributed by atoms with Crippen LogP contribution in [0.1, 0.15) is 24.4 Å². The van der Waals surface area contributed by atoms with Crippen molar-refractivity contribution < 1.29 is 33.0 Å². The van der Waals surface area contributed by atoms with Crippen LogP contribution < -0.4 is 11.5 Å². The van der Waals surface area contributed by atoms with Crippen LogP contribution in [0.15, 0.2) is 12.1 Å². The molecule has 1 aliphatic heterocycles. The maximum Gasteiger partial charge on any atom is 0.490 e. The number of halogens is 5. The van der Waals surface area contributed by atoms with Crippen LogP contribution in [0.3, 0.4) is 0 Å². The number of hydrogen-bond donors (Lipinski definition) is 4. The van der Waals surface area contributed by atoms with Crippen molar-refractivity contribution in [1.29, 1.82) is 0 Å². The summed E-state index contributed by atoms with van der Waals surface area (Å²) in [5, 5.41) is 17.8. The van der Waals surface area contributed by atoms with E-state index in [9.17, 15) is 23.1 Å². The number of benzene rings is 1. The van der Waals surface area contributed by atoms with E-state index in [1.807, 2.05) is 0 Å². The molecule has 1 amide bonds. The van der Waals surface area contributed by atoms with Crippen molar-refractivity contribution in [3.63, 3.8) is 0 Å². The zero-order chi connectivity index (χ0) is 21.6. The summed E-state index contributed by atoms with van der Waals surface area (Å²) in [5.41, 5.74) is 12.2. The van der Waals surface area contributed by atoms with E-state index in [0.29, 0.717) is 28.7 Å². The molecule has 158 valence electrons. The summed E-state index contributed by atoms with van der Waals surface area (Å²) in [6, 6.07) is 2.68. The van der Waals surface area contributed by atoms with E-state index in [1.165, 1.54) is 6.07 Å². The average Bonchev–Trinajstić information content (AvgIpc) is 2.63. The Bertz CT molecular complexity index is 711. The molecule has 1 atom stereocenters. The summed E-state index contributed by atoms with van der Waals surface area (Å²) in [7, 11) is 0. The first-order valence-electron chi connectivity index (χ1n) is 8.09. The second kappa shape index (κ2) is 10.1. The SMILES string of the molecule is NCC(=O)N1CCC(C(N)c2cc(Cl)c(Cl)cc2O)CC1.O=C(O)C(F)(F)F. The minimum Gasteiger partial charge on any atom is -0.508 e. The highest BCUT2D eigenvalue weighted by Gasteiger charge is 2.38. The zero-order valence-electron chi connectivity index (χ0n) is 14.5. The Morgan fingerprint density at radius 2 is 1.68 bits per heavy atom. The molecule has 0 aliphatic carbocycles. The number of aliphatic carboxylic acids is 1. The average molecular weight is 446 g/mol. The van der Waals surface area contributed by atoms with Gasteiger partial charge in [-0.2, -0.15) is 13.2 Å². The van der Waals surface area contributed by atoms with Crippen LogP contribution in [-0.4, -0.2) is 52.8 Å². The number of rotatable bonds is 3. The normalized spacial score (nSPS) is 16.2. The molecule has 1 aromatic carbocycles. The molecular formula is C16H20Cl2F3N3O4. The first kappa shape index (κ1) is 24.3. The van der Waals surface area contributed by atoms with E-state index in [4.69, 9.17) is 44.6 Å². The third-order valence-corrected chi connectivity index (χ3v) is 4.97. The lowest BCUT2D eigenvalue weighted by Crippen LogP contribution is -2.43. The van der Waals surface area contributed by atoms with Gasteiger partial charge in [-0.25, -0.2) is 4.79 Å². The fourth-order valence-corrected chi connectivity index (χ4v) is 3.04. The minimum atomic E-state index is -5.08. The van der Waals surface area contributed by atoms with Gasteiger partial charge in [-0.3, -0.25) is 4.79 Å². The highest BCUT2D eigenvalue weighted by Crippen LogP contribution is 2.37. The second-order valence-corrected chi connectivity index (χ2v) is 6.89. The number of carbonyl (C=O) groups is 2. The number of carboxylic acid groups (broad SMARTS) is 1. The zero-order valence-corrected chi connectivity index (χ0v) is 16.1. The van der Waals surface area contributed by atoms with Crippen LogP contribution in [0, 0.1) is 5.92 Å². The Kier molecular flexibility index (Phi) is 8.80. The van der Waals surface area contributed by atoms with Crippen molar-refractivity contribution in [1.82, 2.24) is 4.90 Å². The number of phenols is 1. The Hall–Kier alpha value is -1.75. The molecule has 0 aromatic heterocycles. The lowest BCUT2D eigenvalue weighted by atomic mass is 9.85. The van der Waals surface area contributed by atoms with Crippen molar-refractivity contribution in [2.45, 2.75) is 25.1 Å². The van der Waals surface area contributed by atoms with Crippen LogP contribution in [0.2, 0.25) is 10.0 Å². The minimum absolute atomic E-state index is 0.0320. The molecule has 12 heteroatoms. The molecule has 1 unspecified atom stereocenters. The largest absolute Gasteiger partial charge is 0.508 e. The van der Waals surface area contributed by atoms with Crippen molar-refractivity contribution in [3.05, 3.63) is 27.7 Å². The van der Waals surface area contributed by atoms with Gasteiger partial charge < -0.3 is 26.6 Å². The summed E-state index contributed by atoms with van der Waals surface area (Å²) in [4.78, 5) is 22.2. The van der Waals surface area contributed by atoms with E-state index in [0.717, 1.165) is 12.8 Å². The number of alkyl halides is 3. The van der Waals surface area contributed by atoms with Gasteiger partial charge in [0.2, 0.25) is 5.91 Å². The Morgan fingerprint density at radius 3 is 2.11 bits per heavy atom. The molecule has 1 saturated heterocycles. The van der Waals surface area contributed by atoms with Crippen molar-refractivity contribution in [2.24, 2.45) is 17.4 Å². The van der Waals surface area contributed by atoms with Gasteiger partial charge in [0.05, 0.1) is 16.6 Å². The van der Waals surface area contributed by atoms with Crippen molar-refractivity contribution in [2.75, 3.05) is 19.6 Å². The summed E-state index contributed by atoms with van der Waals surface area (Å²) in [6.45, 7) is 1.30. The number of hydrogen-bond acceptors (Lipinski definition) is 5.